The molecule has 0 aromatic carbocycles. The Balaban J connectivity index is 0.000000247. The second-order valence-corrected chi connectivity index (χ2v) is 5.32. The molecule has 0 bridgehead atoms. The smallest absolute Gasteiger partial charge is 0.128 e. The van der Waals surface area contributed by atoms with E-state index < -0.39 is 0 Å². The van der Waals surface area contributed by atoms with Gasteiger partial charge in [-0.25, -0.2) is 4.98 Å². The fraction of sp³-hybridized carbons (Fsp3) is 0.667. The Morgan fingerprint density at radius 3 is 2.30 bits per heavy atom. The summed E-state index contributed by atoms with van der Waals surface area (Å²) in [4.78, 5) is 8.89. The molecule has 1 aliphatic heterocycles. The minimum Gasteiger partial charge on any atom is -0.395 e. The molecule has 5 nitrogen and oxygen atoms in total. The van der Waals surface area contributed by atoms with E-state index in [1.54, 1.807) is 0 Å². The van der Waals surface area contributed by atoms with Gasteiger partial charge in [0.1, 0.15) is 5.82 Å². The van der Waals surface area contributed by atoms with Crippen molar-refractivity contribution in [3.8, 4) is 0 Å². The Kier molecular flexibility index (Phi) is 6.24. The van der Waals surface area contributed by atoms with E-state index in [1.165, 1.54) is 6.42 Å². The van der Waals surface area contributed by atoms with Gasteiger partial charge in [0.05, 0.1) is 12.7 Å². The van der Waals surface area contributed by atoms with Gasteiger partial charge in [0.25, 0.3) is 0 Å². The first-order valence-corrected chi connectivity index (χ1v) is 7.47. The zero-order chi connectivity index (χ0) is 14.2. The zero-order valence-corrected chi connectivity index (χ0v) is 12.0. The van der Waals surface area contributed by atoms with Crippen LogP contribution in [-0.2, 0) is 0 Å². The number of pyridine rings is 1. The molecule has 0 unspecified atom stereocenters. The molecule has 5 heteroatoms. The van der Waals surface area contributed by atoms with Crippen LogP contribution < -0.4 is 4.90 Å². The summed E-state index contributed by atoms with van der Waals surface area (Å²) in [6, 6.07) is 6.00. The number of aliphatic hydroxyl groups excluding tert-OH is 2. The van der Waals surface area contributed by atoms with Crippen LogP contribution in [0.4, 0.5) is 5.82 Å². The molecule has 0 spiro atoms. The van der Waals surface area contributed by atoms with Crippen LogP contribution in [0.2, 0.25) is 0 Å². The molecule has 1 aromatic rings. The van der Waals surface area contributed by atoms with Crippen LogP contribution in [0.1, 0.15) is 19.3 Å². The van der Waals surface area contributed by atoms with Gasteiger partial charge in [-0.05, 0) is 31.4 Å². The third-order valence-electron chi connectivity index (χ3n) is 3.84. The van der Waals surface area contributed by atoms with Crippen LogP contribution in [0.15, 0.2) is 24.4 Å². The summed E-state index contributed by atoms with van der Waals surface area (Å²) < 4.78 is 0. The number of hydrogen-bond acceptors (Lipinski definition) is 5. The van der Waals surface area contributed by atoms with Crippen molar-refractivity contribution < 1.29 is 10.2 Å². The molecular formula is C15H25N3O2. The fourth-order valence-corrected chi connectivity index (χ4v) is 2.27. The number of aromatic nitrogens is 1. The van der Waals surface area contributed by atoms with E-state index in [9.17, 15) is 0 Å². The number of aliphatic hydroxyl groups is 2. The van der Waals surface area contributed by atoms with E-state index in [0.29, 0.717) is 0 Å². The maximum absolute atomic E-state index is 8.83. The lowest BCUT2D eigenvalue weighted by atomic mass is 9.97. The highest BCUT2D eigenvalue weighted by Gasteiger charge is 2.16. The van der Waals surface area contributed by atoms with E-state index in [2.05, 4.69) is 14.8 Å². The largest absolute Gasteiger partial charge is 0.395 e. The van der Waals surface area contributed by atoms with Gasteiger partial charge in [0.2, 0.25) is 0 Å². The van der Waals surface area contributed by atoms with Crippen LogP contribution in [0.3, 0.4) is 0 Å². The summed E-state index contributed by atoms with van der Waals surface area (Å²) in [7, 11) is 0. The molecule has 20 heavy (non-hydrogen) atoms. The molecule has 1 aliphatic carbocycles. The Labute approximate surface area is 120 Å². The standard InChI is InChI=1S/C11H17N3O.C4H8O/c15-10-9-13-5-7-14(8-6-13)11-3-1-2-4-12-11;5-4-2-1-3-4/h1-4,15H,5-10H2;4-5H,1-3H2. The Bertz CT molecular complexity index is 363. The third-order valence-corrected chi connectivity index (χ3v) is 3.84. The number of anilines is 1. The number of hydrogen-bond donors (Lipinski definition) is 2. The van der Waals surface area contributed by atoms with Crippen LogP contribution in [-0.4, -0.2) is 65.5 Å². The molecule has 0 radical (unpaired) electrons. The predicted molar refractivity (Wildman–Crippen MR) is 79.8 cm³/mol. The van der Waals surface area contributed by atoms with Gasteiger partial charge >= 0.3 is 0 Å². The maximum Gasteiger partial charge on any atom is 0.128 e. The summed E-state index contributed by atoms with van der Waals surface area (Å²) in [6.45, 7) is 5.06. The van der Waals surface area contributed by atoms with E-state index in [4.69, 9.17) is 10.2 Å². The zero-order valence-electron chi connectivity index (χ0n) is 12.0. The van der Waals surface area contributed by atoms with Crippen LogP contribution in [0, 0.1) is 0 Å². The van der Waals surface area contributed by atoms with Gasteiger partial charge in [-0.2, -0.15) is 0 Å². The minimum absolute atomic E-state index is 0.0648. The first kappa shape index (κ1) is 15.2. The van der Waals surface area contributed by atoms with Crippen molar-refractivity contribution in [3.05, 3.63) is 24.4 Å². The van der Waals surface area contributed by atoms with Crippen molar-refractivity contribution in [2.45, 2.75) is 25.4 Å². The van der Waals surface area contributed by atoms with Gasteiger partial charge in [-0.3, -0.25) is 4.90 Å². The number of piperazine rings is 1. The van der Waals surface area contributed by atoms with Crippen molar-refractivity contribution >= 4 is 5.82 Å². The topological polar surface area (TPSA) is 59.8 Å². The van der Waals surface area contributed by atoms with Gasteiger partial charge in [0.15, 0.2) is 0 Å². The average Bonchev–Trinajstić information content (AvgIpc) is 2.48. The van der Waals surface area contributed by atoms with Crippen LogP contribution in [0.25, 0.3) is 0 Å². The van der Waals surface area contributed by atoms with Crippen molar-refractivity contribution in [3.63, 3.8) is 0 Å². The molecule has 0 amide bonds. The summed E-state index contributed by atoms with van der Waals surface area (Å²) in [6.07, 6.45) is 5.21. The summed E-state index contributed by atoms with van der Waals surface area (Å²) >= 11 is 0. The fourth-order valence-electron chi connectivity index (χ4n) is 2.27. The molecule has 1 saturated heterocycles. The van der Waals surface area contributed by atoms with E-state index in [-0.39, 0.29) is 12.7 Å². The Morgan fingerprint density at radius 1 is 1.15 bits per heavy atom. The molecule has 3 rings (SSSR count). The average molecular weight is 279 g/mol. The van der Waals surface area contributed by atoms with Crippen molar-refractivity contribution in [2.75, 3.05) is 44.2 Å². The minimum atomic E-state index is 0.0648. The van der Waals surface area contributed by atoms with Gasteiger partial charge in [-0.15, -0.1) is 0 Å². The maximum atomic E-state index is 8.83. The molecule has 2 N–H and O–H groups in total. The number of β-amino-alcohol motifs (C(OH)–C–C–N with tert-alkyl or cyclic N) is 1. The Morgan fingerprint density at radius 2 is 1.85 bits per heavy atom. The van der Waals surface area contributed by atoms with Crippen molar-refractivity contribution in [1.29, 1.82) is 0 Å². The summed E-state index contributed by atoms with van der Waals surface area (Å²) in [5.41, 5.74) is 0. The van der Waals surface area contributed by atoms with Crippen molar-refractivity contribution in [1.82, 2.24) is 9.88 Å². The van der Waals surface area contributed by atoms with Gasteiger partial charge in [-0.1, -0.05) is 6.07 Å². The number of rotatable bonds is 3. The van der Waals surface area contributed by atoms with Crippen LogP contribution >= 0.6 is 0 Å². The second-order valence-electron chi connectivity index (χ2n) is 5.32. The molecule has 0 atom stereocenters. The summed E-state index contributed by atoms with van der Waals surface area (Å²) in [5.74, 6) is 1.06. The molecule has 1 aromatic heterocycles. The van der Waals surface area contributed by atoms with Gasteiger partial charge in [0, 0.05) is 38.9 Å². The molecule has 112 valence electrons. The highest BCUT2D eigenvalue weighted by Crippen LogP contribution is 2.16. The SMILES string of the molecule is OC1CCC1.OCCN1CCN(c2ccccn2)CC1. The lowest BCUT2D eigenvalue weighted by molar-refractivity contribution is 0.0950. The predicted octanol–water partition coefficient (Wildman–Crippen LogP) is 0.727. The lowest BCUT2D eigenvalue weighted by Gasteiger charge is -2.34. The molecular weight excluding hydrogens is 254 g/mol. The highest BCUT2D eigenvalue weighted by molar-refractivity contribution is 5.38. The second kappa shape index (κ2) is 8.19. The first-order valence-electron chi connectivity index (χ1n) is 7.47. The lowest BCUT2D eigenvalue weighted by Crippen LogP contribution is -2.47. The highest BCUT2D eigenvalue weighted by atomic mass is 16.3. The molecule has 2 aliphatic rings. The van der Waals surface area contributed by atoms with E-state index >= 15 is 0 Å². The number of nitrogens with zero attached hydrogens (tertiary/aromatic N) is 3. The van der Waals surface area contributed by atoms with Crippen molar-refractivity contribution in [2.24, 2.45) is 0 Å². The molecule has 1 saturated carbocycles. The monoisotopic (exact) mass is 279 g/mol. The Hall–Kier alpha value is -1.17. The quantitative estimate of drug-likeness (QED) is 0.854. The van der Waals surface area contributed by atoms with Gasteiger partial charge < -0.3 is 15.1 Å². The van der Waals surface area contributed by atoms with E-state index in [1.807, 2.05) is 24.4 Å². The molecule has 2 heterocycles. The summed E-state index contributed by atoms with van der Waals surface area (Å²) in [5, 5.41) is 17.3. The first-order chi connectivity index (χ1) is 9.79. The van der Waals surface area contributed by atoms with Crippen LogP contribution in [0.5, 0.6) is 0 Å². The third kappa shape index (κ3) is 4.74. The normalized spacial score (nSPS) is 20.0. The molecule has 2 fully saturated rings. The van der Waals surface area contributed by atoms with E-state index in [0.717, 1.165) is 51.4 Å².